The molecule has 0 aliphatic rings. The molecule has 19 heavy (non-hydrogen) atoms. The Bertz CT molecular complexity index is 600. The summed E-state index contributed by atoms with van der Waals surface area (Å²) in [5.41, 5.74) is 1.03. The van der Waals surface area contributed by atoms with Crippen molar-refractivity contribution in [2.24, 2.45) is 0 Å². The van der Waals surface area contributed by atoms with Gasteiger partial charge in [-0.05, 0) is 17.7 Å². The molecule has 100 valence electrons. The fourth-order valence-corrected chi connectivity index (χ4v) is 2.24. The summed E-state index contributed by atoms with van der Waals surface area (Å²) in [6.45, 7) is 0.314. The Kier molecular flexibility index (Phi) is 3.96. The normalized spacial score (nSPS) is 10.2. The summed E-state index contributed by atoms with van der Waals surface area (Å²) in [6, 6.07) is 5.83. The minimum Gasteiger partial charge on any atom is -0.497 e. The van der Waals surface area contributed by atoms with Gasteiger partial charge < -0.3 is 10.1 Å². The van der Waals surface area contributed by atoms with Gasteiger partial charge in [-0.3, -0.25) is 10.1 Å². The molecule has 0 unspecified atom stereocenters. The molecule has 0 saturated carbocycles. The Morgan fingerprint density at radius 1 is 1.47 bits per heavy atom. The lowest BCUT2D eigenvalue weighted by Gasteiger charge is -2.08. The standard InChI is InChI=1S/C12H11FN2O3S/c1-18-9-2-3-10(13)11(5-9)14-6-8-4-12(15(16)17)19-7-8/h2-5,7,14H,6H2,1H3. The number of anilines is 1. The first-order chi connectivity index (χ1) is 9.10. The van der Waals surface area contributed by atoms with Crippen LogP contribution in [0.4, 0.5) is 15.1 Å². The Balaban J connectivity index is 2.07. The maximum Gasteiger partial charge on any atom is 0.324 e. The van der Waals surface area contributed by atoms with E-state index in [4.69, 9.17) is 4.74 Å². The van der Waals surface area contributed by atoms with Crippen LogP contribution in [-0.4, -0.2) is 12.0 Å². The van der Waals surface area contributed by atoms with E-state index in [2.05, 4.69) is 5.32 Å². The second kappa shape index (κ2) is 5.66. The van der Waals surface area contributed by atoms with E-state index in [0.29, 0.717) is 18.0 Å². The van der Waals surface area contributed by atoms with Crippen LogP contribution in [-0.2, 0) is 6.54 Å². The number of rotatable bonds is 5. The van der Waals surface area contributed by atoms with Gasteiger partial charge in [0.25, 0.3) is 0 Å². The predicted molar refractivity (Wildman–Crippen MR) is 71.3 cm³/mol. The third kappa shape index (κ3) is 3.19. The van der Waals surface area contributed by atoms with E-state index in [1.165, 1.54) is 31.4 Å². The molecule has 7 heteroatoms. The SMILES string of the molecule is COc1ccc(F)c(NCc2csc([N+](=O)[O-])c2)c1. The van der Waals surface area contributed by atoms with Crippen LogP contribution in [0.15, 0.2) is 29.6 Å². The van der Waals surface area contributed by atoms with E-state index in [0.717, 1.165) is 16.9 Å². The fraction of sp³-hybridized carbons (Fsp3) is 0.167. The average Bonchev–Trinajstić information content (AvgIpc) is 2.87. The predicted octanol–water partition coefficient (Wildman–Crippen LogP) is 3.42. The first-order valence-corrected chi connectivity index (χ1v) is 6.27. The maximum atomic E-state index is 13.5. The van der Waals surface area contributed by atoms with Crippen molar-refractivity contribution < 1.29 is 14.1 Å². The van der Waals surface area contributed by atoms with Gasteiger partial charge in [0.2, 0.25) is 0 Å². The summed E-state index contributed by atoms with van der Waals surface area (Å²) in [4.78, 5) is 10.1. The van der Waals surface area contributed by atoms with Crippen molar-refractivity contribution in [2.45, 2.75) is 6.54 Å². The lowest BCUT2D eigenvalue weighted by molar-refractivity contribution is -0.380. The summed E-state index contributed by atoms with van der Waals surface area (Å²) < 4.78 is 18.5. The number of methoxy groups -OCH3 is 1. The van der Waals surface area contributed by atoms with Crippen molar-refractivity contribution in [3.8, 4) is 5.75 Å². The molecular weight excluding hydrogens is 271 g/mol. The summed E-state index contributed by atoms with van der Waals surface area (Å²) in [7, 11) is 1.50. The molecular formula is C12H11FN2O3S. The Hall–Kier alpha value is -2.15. The minimum absolute atomic E-state index is 0.0721. The van der Waals surface area contributed by atoms with Crippen LogP contribution >= 0.6 is 11.3 Å². The molecule has 0 amide bonds. The van der Waals surface area contributed by atoms with Crippen LogP contribution in [0.2, 0.25) is 0 Å². The lowest BCUT2D eigenvalue weighted by atomic mass is 10.2. The molecule has 1 aromatic heterocycles. The number of hydrogen-bond donors (Lipinski definition) is 1. The van der Waals surface area contributed by atoms with Gasteiger partial charge in [0.15, 0.2) is 0 Å². The zero-order valence-corrected chi connectivity index (χ0v) is 10.9. The monoisotopic (exact) mass is 282 g/mol. The first kappa shape index (κ1) is 13.3. The quantitative estimate of drug-likeness (QED) is 0.674. The number of halogens is 1. The van der Waals surface area contributed by atoms with Crippen LogP contribution in [0, 0.1) is 15.9 Å². The third-order valence-corrected chi connectivity index (χ3v) is 3.41. The highest BCUT2D eigenvalue weighted by Gasteiger charge is 2.10. The van der Waals surface area contributed by atoms with Gasteiger partial charge in [0.05, 0.1) is 17.7 Å². The molecule has 0 bridgehead atoms. The lowest BCUT2D eigenvalue weighted by Crippen LogP contribution is -2.01. The molecule has 0 spiro atoms. The number of ether oxygens (including phenoxy) is 1. The van der Waals surface area contributed by atoms with E-state index in [1.807, 2.05) is 0 Å². The molecule has 0 fully saturated rings. The molecule has 0 aliphatic carbocycles. The molecule has 1 heterocycles. The fourth-order valence-electron chi connectivity index (χ4n) is 1.52. The van der Waals surface area contributed by atoms with E-state index < -0.39 is 10.7 Å². The van der Waals surface area contributed by atoms with Crippen molar-refractivity contribution in [2.75, 3.05) is 12.4 Å². The van der Waals surface area contributed by atoms with E-state index >= 15 is 0 Å². The van der Waals surface area contributed by atoms with Gasteiger partial charge in [0.1, 0.15) is 11.6 Å². The minimum atomic E-state index is -0.444. The van der Waals surface area contributed by atoms with Gasteiger partial charge in [0, 0.05) is 24.1 Å². The van der Waals surface area contributed by atoms with Crippen molar-refractivity contribution in [3.05, 3.63) is 51.1 Å². The molecule has 5 nitrogen and oxygen atoms in total. The van der Waals surface area contributed by atoms with Gasteiger partial charge in [-0.15, -0.1) is 0 Å². The average molecular weight is 282 g/mol. The second-order valence-electron chi connectivity index (χ2n) is 3.75. The van der Waals surface area contributed by atoms with E-state index in [1.54, 1.807) is 5.38 Å². The molecule has 0 aliphatic heterocycles. The molecule has 0 atom stereocenters. The Morgan fingerprint density at radius 2 is 2.26 bits per heavy atom. The van der Waals surface area contributed by atoms with Gasteiger partial charge in [-0.2, -0.15) is 0 Å². The molecule has 0 radical (unpaired) electrons. The van der Waals surface area contributed by atoms with Gasteiger partial charge >= 0.3 is 5.00 Å². The van der Waals surface area contributed by atoms with Crippen LogP contribution in [0.25, 0.3) is 0 Å². The Morgan fingerprint density at radius 3 is 2.89 bits per heavy atom. The summed E-state index contributed by atoms with van der Waals surface area (Å²) in [5.74, 6) is 0.144. The maximum absolute atomic E-state index is 13.5. The largest absolute Gasteiger partial charge is 0.497 e. The van der Waals surface area contributed by atoms with Gasteiger partial charge in [-0.1, -0.05) is 11.3 Å². The zero-order valence-electron chi connectivity index (χ0n) is 10.1. The number of nitro groups is 1. The molecule has 0 saturated heterocycles. The highest BCUT2D eigenvalue weighted by molar-refractivity contribution is 7.13. The van der Waals surface area contributed by atoms with Crippen molar-refractivity contribution in [1.29, 1.82) is 0 Å². The van der Waals surface area contributed by atoms with Gasteiger partial charge in [-0.25, -0.2) is 4.39 Å². The van der Waals surface area contributed by atoms with Crippen LogP contribution in [0.3, 0.4) is 0 Å². The number of nitrogens with zero attached hydrogens (tertiary/aromatic N) is 1. The number of hydrogen-bond acceptors (Lipinski definition) is 5. The number of nitrogens with one attached hydrogen (secondary N) is 1. The van der Waals surface area contributed by atoms with Crippen molar-refractivity contribution >= 4 is 22.0 Å². The first-order valence-electron chi connectivity index (χ1n) is 5.39. The summed E-state index contributed by atoms with van der Waals surface area (Å²) >= 11 is 1.05. The highest BCUT2D eigenvalue weighted by Crippen LogP contribution is 2.25. The highest BCUT2D eigenvalue weighted by atomic mass is 32.1. The van der Waals surface area contributed by atoms with Crippen LogP contribution in [0.1, 0.15) is 5.56 Å². The molecule has 2 rings (SSSR count). The van der Waals surface area contributed by atoms with E-state index in [9.17, 15) is 14.5 Å². The zero-order chi connectivity index (χ0) is 13.8. The van der Waals surface area contributed by atoms with E-state index in [-0.39, 0.29) is 5.00 Å². The summed E-state index contributed by atoms with van der Waals surface area (Å²) in [6.07, 6.45) is 0. The Labute approximate surface area is 112 Å². The summed E-state index contributed by atoms with van der Waals surface area (Å²) in [5, 5.41) is 15.2. The molecule has 1 N–H and O–H groups in total. The van der Waals surface area contributed by atoms with Crippen LogP contribution < -0.4 is 10.1 Å². The molecule has 1 aromatic carbocycles. The molecule has 2 aromatic rings. The second-order valence-corrected chi connectivity index (χ2v) is 4.64. The van der Waals surface area contributed by atoms with Crippen molar-refractivity contribution in [1.82, 2.24) is 0 Å². The topological polar surface area (TPSA) is 64.4 Å². The smallest absolute Gasteiger partial charge is 0.324 e. The van der Waals surface area contributed by atoms with Crippen molar-refractivity contribution in [3.63, 3.8) is 0 Å². The number of thiophene rings is 1. The third-order valence-electron chi connectivity index (χ3n) is 2.48. The number of benzene rings is 1. The van der Waals surface area contributed by atoms with Crippen LogP contribution in [0.5, 0.6) is 5.75 Å².